The minimum absolute atomic E-state index is 0.0393. The number of hydrogen-bond donors (Lipinski definition) is 2. The molecule has 0 spiro atoms. The van der Waals surface area contributed by atoms with Gasteiger partial charge in [0.1, 0.15) is 5.82 Å². The van der Waals surface area contributed by atoms with Crippen molar-refractivity contribution in [1.29, 1.82) is 0 Å². The third-order valence-electron chi connectivity index (χ3n) is 2.83. The van der Waals surface area contributed by atoms with Crippen molar-refractivity contribution >= 4 is 15.7 Å². The zero-order chi connectivity index (χ0) is 14.8. The molecule has 1 aromatic heterocycles. The average Bonchev–Trinajstić information content (AvgIpc) is 2.41. The summed E-state index contributed by atoms with van der Waals surface area (Å²) in [6, 6.07) is 5.20. The van der Waals surface area contributed by atoms with Crippen LogP contribution in [0.15, 0.2) is 41.6 Å². The van der Waals surface area contributed by atoms with Crippen molar-refractivity contribution in [2.75, 3.05) is 4.72 Å². The number of nitrogens with one attached hydrogen (secondary N) is 1. The van der Waals surface area contributed by atoms with Crippen LogP contribution >= 0.6 is 0 Å². The Morgan fingerprint density at radius 2 is 2.10 bits per heavy atom. The monoisotopic (exact) mass is 295 g/mol. The van der Waals surface area contributed by atoms with E-state index in [-0.39, 0.29) is 17.0 Å². The maximum atomic E-state index is 13.3. The third-order valence-corrected chi connectivity index (χ3v) is 4.19. The average molecular weight is 295 g/mol. The molecule has 0 radical (unpaired) electrons. The van der Waals surface area contributed by atoms with Crippen LogP contribution in [0.3, 0.4) is 0 Å². The Hall–Kier alpha value is -1.99. The molecule has 2 rings (SSSR count). The molecule has 0 fully saturated rings. The van der Waals surface area contributed by atoms with Crippen LogP contribution in [-0.2, 0) is 16.6 Å². The van der Waals surface area contributed by atoms with Crippen LogP contribution in [0.25, 0.3) is 0 Å². The lowest BCUT2D eigenvalue weighted by Crippen LogP contribution is -2.15. The molecule has 0 aliphatic heterocycles. The summed E-state index contributed by atoms with van der Waals surface area (Å²) in [5, 5.41) is 0. The number of pyridine rings is 1. The number of rotatable bonds is 4. The quantitative estimate of drug-likeness (QED) is 0.900. The van der Waals surface area contributed by atoms with Gasteiger partial charge in [0.15, 0.2) is 0 Å². The molecule has 1 aromatic carbocycles. The molecular weight excluding hydrogens is 281 g/mol. The fourth-order valence-electron chi connectivity index (χ4n) is 1.65. The number of aromatic nitrogens is 1. The predicted molar refractivity (Wildman–Crippen MR) is 74.1 cm³/mol. The number of sulfonamides is 1. The van der Waals surface area contributed by atoms with Gasteiger partial charge in [-0.1, -0.05) is 0 Å². The molecule has 0 bridgehead atoms. The van der Waals surface area contributed by atoms with Gasteiger partial charge in [-0.2, -0.15) is 0 Å². The molecule has 0 unspecified atom stereocenters. The Morgan fingerprint density at radius 3 is 2.75 bits per heavy atom. The number of benzene rings is 1. The van der Waals surface area contributed by atoms with E-state index in [1.54, 1.807) is 19.2 Å². The van der Waals surface area contributed by atoms with Crippen molar-refractivity contribution in [3.05, 3.63) is 53.6 Å². The smallest absolute Gasteiger partial charge is 0.261 e. The van der Waals surface area contributed by atoms with E-state index in [9.17, 15) is 12.8 Å². The van der Waals surface area contributed by atoms with Gasteiger partial charge >= 0.3 is 0 Å². The summed E-state index contributed by atoms with van der Waals surface area (Å²) in [7, 11) is -3.80. The van der Waals surface area contributed by atoms with Crippen molar-refractivity contribution in [3.8, 4) is 0 Å². The van der Waals surface area contributed by atoms with Crippen LogP contribution in [0, 0.1) is 12.7 Å². The minimum atomic E-state index is -3.80. The Morgan fingerprint density at radius 1 is 1.35 bits per heavy atom. The van der Waals surface area contributed by atoms with Crippen molar-refractivity contribution in [2.24, 2.45) is 5.73 Å². The Labute approximate surface area is 116 Å². The summed E-state index contributed by atoms with van der Waals surface area (Å²) in [4.78, 5) is 3.82. The minimum Gasteiger partial charge on any atom is -0.326 e. The molecule has 20 heavy (non-hydrogen) atoms. The van der Waals surface area contributed by atoms with E-state index in [0.29, 0.717) is 5.69 Å². The first-order valence-electron chi connectivity index (χ1n) is 5.86. The molecule has 0 aliphatic carbocycles. The summed E-state index contributed by atoms with van der Waals surface area (Å²) >= 11 is 0. The summed E-state index contributed by atoms with van der Waals surface area (Å²) in [6.45, 7) is 1.69. The first kappa shape index (κ1) is 14.4. The van der Waals surface area contributed by atoms with E-state index in [2.05, 4.69) is 9.71 Å². The second-order valence-corrected chi connectivity index (χ2v) is 5.94. The number of nitrogens with two attached hydrogens (primary N) is 1. The summed E-state index contributed by atoms with van der Waals surface area (Å²) in [6.07, 6.45) is 2.98. The highest BCUT2D eigenvalue weighted by Crippen LogP contribution is 2.20. The van der Waals surface area contributed by atoms with Gasteiger partial charge in [-0.25, -0.2) is 12.8 Å². The SMILES string of the molecule is Cc1ccncc1NS(=O)(=O)c1ccc(F)c(CN)c1. The first-order valence-corrected chi connectivity index (χ1v) is 7.34. The van der Waals surface area contributed by atoms with Gasteiger partial charge in [-0.15, -0.1) is 0 Å². The lowest BCUT2D eigenvalue weighted by Gasteiger charge is -2.11. The van der Waals surface area contributed by atoms with Crippen LogP contribution in [0.2, 0.25) is 0 Å². The van der Waals surface area contributed by atoms with Gasteiger partial charge in [0, 0.05) is 18.3 Å². The van der Waals surface area contributed by atoms with Gasteiger partial charge in [-0.05, 0) is 36.8 Å². The normalized spacial score (nSPS) is 11.3. The topological polar surface area (TPSA) is 85.1 Å². The molecule has 0 aliphatic rings. The van der Waals surface area contributed by atoms with Crippen LogP contribution in [-0.4, -0.2) is 13.4 Å². The molecule has 2 aromatic rings. The highest BCUT2D eigenvalue weighted by atomic mass is 32.2. The fraction of sp³-hybridized carbons (Fsp3) is 0.154. The summed E-state index contributed by atoms with van der Waals surface area (Å²) in [5.41, 5.74) is 6.64. The maximum absolute atomic E-state index is 13.3. The van der Waals surface area contributed by atoms with Crippen molar-refractivity contribution in [2.45, 2.75) is 18.4 Å². The second kappa shape index (κ2) is 5.56. The predicted octanol–water partition coefficient (Wildman–Crippen LogP) is 1.79. The Balaban J connectivity index is 2.38. The number of hydrogen-bond acceptors (Lipinski definition) is 4. The second-order valence-electron chi connectivity index (χ2n) is 4.25. The zero-order valence-electron chi connectivity index (χ0n) is 10.8. The van der Waals surface area contributed by atoms with E-state index < -0.39 is 15.8 Å². The standard InChI is InChI=1S/C13H14FN3O2S/c1-9-4-5-16-8-13(9)17-20(18,19)11-2-3-12(14)10(6-11)7-15/h2-6,8,17H,7,15H2,1H3. The van der Waals surface area contributed by atoms with Gasteiger partial charge in [0.2, 0.25) is 0 Å². The van der Waals surface area contributed by atoms with Gasteiger partial charge < -0.3 is 5.73 Å². The molecule has 0 saturated heterocycles. The van der Waals surface area contributed by atoms with E-state index in [1.807, 2.05) is 0 Å². The van der Waals surface area contributed by atoms with E-state index in [1.165, 1.54) is 18.3 Å². The summed E-state index contributed by atoms with van der Waals surface area (Å²) < 4.78 is 40.2. The number of nitrogens with zero attached hydrogens (tertiary/aromatic N) is 1. The molecule has 5 nitrogen and oxygen atoms in total. The molecule has 3 N–H and O–H groups in total. The first-order chi connectivity index (χ1) is 9.44. The lowest BCUT2D eigenvalue weighted by atomic mass is 10.2. The number of anilines is 1. The third kappa shape index (κ3) is 2.94. The van der Waals surface area contributed by atoms with Gasteiger partial charge in [-0.3, -0.25) is 9.71 Å². The van der Waals surface area contributed by atoms with Gasteiger partial charge in [0.25, 0.3) is 10.0 Å². The highest BCUT2D eigenvalue weighted by molar-refractivity contribution is 7.92. The largest absolute Gasteiger partial charge is 0.326 e. The summed E-state index contributed by atoms with van der Waals surface area (Å²) in [5.74, 6) is -0.524. The number of aryl methyl sites for hydroxylation is 1. The van der Waals surface area contributed by atoms with E-state index in [4.69, 9.17) is 5.73 Å². The molecule has 0 saturated carbocycles. The van der Waals surface area contributed by atoms with Gasteiger partial charge in [0.05, 0.1) is 16.8 Å². The molecular formula is C13H14FN3O2S. The van der Waals surface area contributed by atoms with Crippen molar-refractivity contribution in [3.63, 3.8) is 0 Å². The van der Waals surface area contributed by atoms with Crippen LogP contribution in [0.4, 0.5) is 10.1 Å². The highest BCUT2D eigenvalue weighted by Gasteiger charge is 2.17. The molecule has 106 valence electrons. The molecule has 1 heterocycles. The van der Waals surface area contributed by atoms with Crippen molar-refractivity contribution < 1.29 is 12.8 Å². The molecule has 0 atom stereocenters. The van der Waals surface area contributed by atoms with E-state index in [0.717, 1.165) is 11.6 Å². The Kier molecular flexibility index (Phi) is 4.01. The van der Waals surface area contributed by atoms with Crippen LogP contribution in [0.5, 0.6) is 0 Å². The maximum Gasteiger partial charge on any atom is 0.261 e. The molecule has 7 heteroatoms. The molecule has 0 amide bonds. The fourth-order valence-corrected chi connectivity index (χ4v) is 2.81. The van der Waals surface area contributed by atoms with Crippen LogP contribution < -0.4 is 10.5 Å². The lowest BCUT2D eigenvalue weighted by molar-refractivity contribution is 0.596. The van der Waals surface area contributed by atoms with Crippen molar-refractivity contribution in [1.82, 2.24) is 4.98 Å². The van der Waals surface area contributed by atoms with Crippen LogP contribution in [0.1, 0.15) is 11.1 Å². The Bertz CT molecular complexity index is 732. The zero-order valence-corrected chi connectivity index (χ0v) is 11.6. The van der Waals surface area contributed by atoms with E-state index >= 15 is 0 Å². The number of halogens is 1.